The van der Waals surface area contributed by atoms with Crippen molar-refractivity contribution < 1.29 is 9.84 Å². The summed E-state index contributed by atoms with van der Waals surface area (Å²) in [4.78, 5) is 4.86. The number of hydrogen-bond acceptors (Lipinski definition) is 4. The molecule has 3 heterocycles. The van der Waals surface area contributed by atoms with Crippen LogP contribution >= 0.6 is 0 Å². The maximum atomic E-state index is 10.6. The van der Waals surface area contributed by atoms with Crippen LogP contribution in [0.4, 0.5) is 0 Å². The largest absolute Gasteiger partial charge is 0.494 e. The van der Waals surface area contributed by atoms with Crippen molar-refractivity contribution >= 4 is 0 Å². The molecule has 1 N–H and O–H groups in total. The van der Waals surface area contributed by atoms with Gasteiger partial charge in [-0.15, -0.1) is 0 Å². The Morgan fingerprint density at radius 3 is 2.74 bits per heavy atom. The molecule has 0 aliphatic carbocycles. The number of piperazine rings is 3. The van der Waals surface area contributed by atoms with Crippen molar-refractivity contribution in [3.63, 3.8) is 0 Å². The lowest BCUT2D eigenvalue weighted by Crippen LogP contribution is -2.62. The zero-order valence-electron chi connectivity index (χ0n) is 11.5. The van der Waals surface area contributed by atoms with Crippen LogP contribution in [0.2, 0.25) is 0 Å². The summed E-state index contributed by atoms with van der Waals surface area (Å²) in [6.07, 6.45) is -0.427. The van der Waals surface area contributed by atoms with E-state index in [1.165, 1.54) is 0 Å². The van der Waals surface area contributed by atoms with Gasteiger partial charge in [-0.3, -0.25) is 9.80 Å². The summed E-state index contributed by atoms with van der Waals surface area (Å²) in [7, 11) is 0. The van der Waals surface area contributed by atoms with E-state index in [1.54, 1.807) is 0 Å². The van der Waals surface area contributed by atoms with Gasteiger partial charge in [0, 0.05) is 32.7 Å². The number of aliphatic hydroxyl groups excluding tert-OH is 1. The van der Waals surface area contributed by atoms with Gasteiger partial charge in [0.1, 0.15) is 5.75 Å². The molecule has 0 aromatic heterocycles. The number of fused-ring (bicyclic) bond motifs is 3. The minimum absolute atomic E-state index is 0.222. The third-order valence-electron chi connectivity index (χ3n) is 4.20. The van der Waals surface area contributed by atoms with Crippen LogP contribution in [-0.2, 0) is 0 Å². The van der Waals surface area contributed by atoms with Crippen molar-refractivity contribution in [2.75, 3.05) is 39.3 Å². The Labute approximate surface area is 114 Å². The summed E-state index contributed by atoms with van der Waals surface area (Å²) in [5.74, 6) is 0.843. The van der Waals surface area contributed by atoms with Gasteiger partial charge in [-0.05, 0) is 24.6 Å². The summed E-state index contributed by atoms with van der Waals surface area (Å²) >= 11 is 0. The normalized spacial score (nSPS) is 31.2. The maximum Gasteiger partial charge on any atom is 0.119 e. The molecule has 4 nitrogen and oxygen atoms in total. The molecule has 2 unspecified atom stereocenters. The Balaban J connectivity index is 1.76. The first-order valence-electron chi connectivity index (χ1n) is 7.15. The number of rotatable bonds is 4. The van der Waals surface area contributed by atoms with Crippen molar-refractivity contribution in [1.29, 1.82) is 0 Å². The molecule has 4 rings (SSSR count). The van der Waals surface area contributed by atoms with Gasteiger partial charge in [-0.2, -0.15) is 0 Å². The Morgan fingerprint density at radius 1 is 1.32 bits per heavy atom. The van der Waals surface area contributed by atoms with Crippen molar-refractivity contribution in [1.82, 2.24) is 9.80 Å². The van der Waals surface area contributed by atoms with Crippen molar-refractivity contribution in [2.24, 2.45) is 0 Å². The number of ether oxygens (including phenoxy) is 1. The van der Waals surface area contributed by atoms with Crippen molar-refractivity contribution in [2.45, 2.75) is 19.1 Å². The van der Waals surface area contributed by atoms with Gasteiger partial charge in [-0.1, -0.05) is 12.1 Å². The van der Waals surface area contributed by atoms with Gasteiger partial charge in [0.15, 0.2) is 0 Å². The van der Waals surface area contributed by atoms with Crippen LogP contribution in [0.5, 0.6) is 5.75 Å². The minimum Gasteiger partial charge on any atom is -0.494 e. The maximum absolute atomic E-state index is 10.6. The predicted molar refractivity (Wildman–Crippen MR) is 74.4 cm³/mol. The highest BCUT2D eigenvalue weighted by molar-refractivity contribution is 5.30. The zero-order valence-corrected chi connectivity index (χ0v) is 11.5. The molecule has 1 aromatic carbocycles. The van der Waals surface area contributed by atoms with E-state index >= 15 is 0 Å². The van der Waals surface area contributed by atoms with Gasteiger partial charge in [0.2, 0.25) is 0 Å². The second kappa shape index (κ2) is 5.49. The Hall–Kier alpha value is -1.10. The summed E-state index contributed by atoms with van der Waals surface area (Å²) in [6, 6.07) is 8.08. The lowest BCUT2D eigenvalue weighted by atomic mass is 9.96. The molecule has 0 saturated carbocycles. The van der Waals surface area contributed by atoms with E-state index in [-0.39, 0.29) is 6.04 Å². The summed E-state index contributed by atoms with van der Waals surface area (Å²) in [5, 5.41) is 10.6. The Kier molecular flexibility index (Phi) is 3.73. The second-order valence-corrected chi connectivity index (χ2v) is 5.35. The number of hydrogen-bond donors (Lipinski definition) is 1. The predicted octanol–water partition coefficient (Wildman–Crippen LogP) is 1.12. The van der Waals surface area contributed by atoms with E-state index in [0.29, 0.717) is 6.61 Å². The average Bonchev–Trinajstić information content (AvgIpc) is 2.48. The first-order chi connectivity index (χ1) is 9.28. The molecule has 3 saturated heterocycles. The summed E-state index contributed by atoms with van der Waals surface area (Å²) in [5.41, 5.74) is 0.963. The fourth-order valence-corrected chi connectivity index (χ4v) is 3.13. The molecule has 3 aliphatic heterocycles. The molecular formula is C15H22N2O2. The highest BCUT2D eigenvalue weighted by atomic mass is 16.5. The van der Waals surface area contributed by atoms with Crippen LogP contribution in [0.3, 0.4) is 0 Å². The van der Waals surface area contributed by atoms with E-state index in [2.05, 4.69) is 9.80 Å². The first kappa shape index (κ1) is 12.9. The number of nitrogens with zero attached hydrogens (tertiary/aromatic N) is 2. The molecule has 1 aromatic rings. The van der Waals surface area contributed by atoms with E-state index in [9.17, 15) is 5.11 Å². The Morgan fingerprint density at radius 2 is 2.11 bits per heavy atom. The van der Waals surface area contributed by atoms with Crippen LogP contribution in [-0.4, -0.2) is 60.3 Å². The van der Waals surface area contributed by atoms with Crippen LogP contribution < -0.4 is 4.74 Å². The zero-order chi connectivity index (χ0) is 13.2. The Bertz CT molecular complexity index is 430. The van der Waals surface area contributed by atoms with Gasteiger partial charge < -0.3 is 9.84 Å². The fourth-order valence-electron chi connectivity index (χ4n) is 3.13. The van der Waals surface area contributed by atoms with Crippen LogP contribution in [0.25, 0.3) is 0 Å². The molecule has 104 valence electrons. The highest BCUT2D eigenvalue weighted by Crippen LogP contribution is 2.28. The quantitative estimate of drug-likeness (QED) is 0.882. The van der Waals surface area contributed by atoms with E-state index in [1.807, 2.05) is 31.2 Å². The average molecular weight is 262 g/mol. The van der Waals surface area contributed by atoms with Crippen LogP contribution in [0.1, 0.15) is 18.6 Å². The smallest absolute Gasteiger partial charge is 0.119 e. The highest BCUT2D eigenvalue weighted by Gasteiger charge is 2.36. The van der Waals surface area contributed by atoms with Gasteiger partial charge in [-0.25, -0.2) is 0 Å². The van der Waals surface area contributed by atoms with Gasteiger partial charge in [0.25, 0.3) is 0 Å². The lowest BCUT2D eigenvalue weighted by Gasteiger charge is -2.49. The second-order valence-electron chi connectivity index (χ2n) is 5.35. The topological polar surface area (TPSA) is 35.9 Å². The SMILES string of the molecule is CCOc1cccc(C(O)C2CN3CCN2CC3)c1. The van der Waals surface area contributed by atoms with Crippen molar-refractivity contribution in [3.05, 3.63) is 29.8 Å². The lowest BCUT2D eigenvalue weighted by molar-refractivity contribution is -0.0470. The molecule has 4 heteroatoms. The van der Waals surface area contributed by atoms with E-state index in [0.717, 1.165) is 44.0 Å². The molecule has 2 bridgehead atoms. The first-order valence-corrected chi connectivity index (χ1v) is 7.15. The van der Waals surface area contributed by atoms with E-state index in [4.69, 9.17) is 4.74 Å². The standard InChI is InChI=1S/C15H22N2O2/c1-2-19-13-5-3-4-12(10-13)15(18)14-11-16-6-8-17(14)9-7-16/h3-5,10,14-15,18H,2,6-9,11H2,1H3. The monoisotopic (exact) mass is 262 g/mol. The molecule has 19 heavy (non-hydrogen) atoms. The number of benzene rings is 1. The van der Waals surface area contributed by atoms with Crippen molar-refractivity contribution in [3.8, 4) is 5.75 Å². The third kappa shape index (κ3) is 2.61. The molecule has 3 fully saturated rings. The van der Waals surface area contributed by atoms with E-state index < -0.39 is 6.10 Å². The minimum atomic E-state index is -0.427. The molecule has 0 radical (unpaired) electrons. The molecule has 3 aliphatic rings. The molecule has 2 atom stereocenters. The van der Waals surface area contributed by atoms with Gasteiger partial charge >= 0.3 is 0 Å². The molecular weight excluding hydrogens is 240 g/mol. The van der Waals surface area contributed by atoms with Crippen LogP contribution in [0.15, 0.2) is 24.3 Å². The number of aliphatic hydroxyl groups is 1. The van der Waals surface area contributed by atoms with Crippen LogP contribution in [0, 0.1) is 0 Å². The summed E-state index contributed by atoms with van der Waals surface area (Å²) in [6.45, 7) is 8.04. The summed E-state index contributed by atoms with van der Waals surface area (Å²) < 4.78 is 5.51. The van der Waals surface area contributed by atoms with Gasteiger partial charge in [0.05, 0.1) is 18.8 Å². The fraction of sp³-hybridized carbons (Fsp3) is 0.600. The molecule has 0 spiro atoms. The third-order valence-corrected chi connectivity index (χ3v) is 4.20. The molecule has 0 amide bonds.